The van der Waals surface area contributed by atoms with E-state index in [1.165, 1.54) is 0 Å². The summed E-state index contributed by atoms with van der Waals surface area (Å²) in [4.78, 5) is 9.96. The van der Waals surface area contributed by atoms with Crippen molar-refractivity contribution in [1.29, 1.82) is 0 Å². The normalized spacial score (nSPS) is 10.0. The Labute approximate surface area is 127 Å². The molecule has 22 heavy (non-hydrogen) atoms. The molecule has 0 radical (unpaired) electrons. The quantitative estimate of drug-likeness (QED) is 0.300. The lowest BCUT2D eigenvalue weighted by molar-refractivity contribution is 1.07. The van der Waals surface area contributed by atoms with Gasteiger partial charge in [0, 0.05) is 33.0 Å². The first kappa shape index (κ1) is 15.1. The Balaban J connectivity index is 2.25. The molecule has 0 aromatic heterocycles. The molecule has 0 aliphatic heterocycles. The van der Waals surface area contributed by atoms with Crippen molar-refractivity contribution in [1.82, 2.24) is 0 Å². The van der Waals surface area contributed by atoms with Crippen molar-refractivity contribution in [2.45, 2.75) is 13.5 Å². The zero-order valence-corrected chi connectivity index (χ0v) is 12.0. The van der Waals surface area contributed by atoms with Crippen LogP contribution in [0.15, 0.2) is 57.7 Å². The minimum absolute atomic E-state index is 0.374. The van der Waals surface area contributed by atoms with Gasteiger partial charge < -0.3 is 0 Å². The molecule has 0 saturated heterocycles. The number of benzene rings is 2. The highest BCUT2D eigenvalue weighted by Gasteiger charge is 2.00. The van der Waals surface area contributed by atoms with Crippen molar-refractivity contribution >= 4 is 17.6 Å². The van der Waals surface area contributed by atoms with Gasteiger partial charge in [0.15, 0.2) is 0 Å². The first-order valence-electron chi connectivity index (χ1n) is 6.53. The molecule has 7 heteroatoms. The maximum Gasteiger partial charge on any atom is 0.0644 e. The van der Waals surface area contributed by atoms with Crippen LogP contribution < -0.4 is 0 Å². The van der Waals surface area contributed by atoms with E-state index in [4.69, 9.17) is 11.1 Å². The third kappa shape index (κ3) is 3.86. The van der Waals surface area contributed by atoms with Crippen LogP contribution in [0.25, 0.3) is 20.9 Å². The second-order valence-corrected chi connectivity index (χ2v) is 4.54. The summed E-state index contributed by atoms with van der Waals surface area (Å²) in [5, 5.41) is 7.28. The molecule has 0 aliphatic carbocycles. The highest BCUT2D eigenvalue weighted by molar-refractivity contribution is 5.86. The standard InChI is InChI=1S/C15H13N7/c1-11-6-7-15(20-22-17)13(8-11)10-18-9-12-4-2-3-5-14(12)19-21-16/h2-8,10H,9H2,1H3. The molecule has 0 N–H and O–H groups in total. The maximum atomic E-state index is 8.58. The lowest BCUT2D eigenvalue weighted by Gasteiger charge is -2.03. The molecular weight excluding hydrogens is 278 g/mol. The van der Waals surface area contributed by atoms with Crippen molar-refractivity contribution in [2.75, 3.05) is 0 Å². The highest BCUT2D eigenvalue weighted by Crippen LogP contribution is 2.21. The summed E-state index contributed by atoms with van der Waals surface area (Å²) in [7, 11) is 0. The van der Waals surface area contributed by atoms with E-state index in [-0.39, 0.29) is 0 Å². The fourth-order valence-electron chi connectivity index (χ4n) is 1.95. The number of rotatable bonds is 5. The molecule has 0 atom stereocenters. The Morgan fingerprint density at radius 2 is 1.73 bits per heavy atom. The molecule has 0 fully saturated rings. The van der Waals surface area contributed by atoms with Gasteiger partial charge in [0.25, 0.3) is 0 Å². The summed E-state index contributed by atoms with van der Waals surface area (Å²) in [6.07, 6.45) is 1.66. The summed E-state index contributed by atoms with van der Waals surface area (Å²) in [5.74, 6) is 0. The monoisotopic (exact) mass is 291 g/mol. The van der Waals surface area contributed by atoms with Crippen LogP contribution in [0.5, 0.6) is 0 Å². The van der Waals surface area contributed by atoms with Gasteiger partial charge in [-0.05, 0) is 23.5 Å². The molecule has 0 unspecified atom stereocenters. The van der Waals surface area contributed by atoms with Crippen molar-refractivity contribution in [3.05, 3.63) is 80.0 Å². The molecule has 2 aromatic carbocycles. The van der Waals surface area contributed by atoms with Crippen LogP contribution in [0.2, 0.25) is 0 Å². The van der Waals surface area contributed by atoms with E-state index in [1.807, 2.05) is 31.2 Å². The van der Waals surface area contributed by atoms with Crippen LogP contribution in [-0.4, -0.2) is 6.21 Å². The first-order chi connectivity index (χ1) is 10.7. The summed E-state index contributed by atoms with van der Waals surface area (Å²) in [6, 6.07) is 12.8. The van der Waals surface area contributed by atoms with E-state index in [0.717, 1.165) is 16.7 Å². The number of nitrogens with zero attached hydrogens (tertiary/aromatic N) is 7. The predicted octanol–water partition coefficient (Wildman–Crippen LogP) is 5.50. The lowest BCUT2D eigenvalue weighted by Crippen LogP contribution is -1.87. The van der Waals surface area contributed by atoms with Crippen molar-refractivity contribution in [3.8, 4) is 0 Å². The smallest absolute Gasteiger partial charge is 0.0644 e. The number of aryl methyl sites for hydroxylation is 1. The predicted molar refractivity (Wildman–Crippen MR) is 86.5 cm³/mol. The largest absolute Gasteiger partial charge is 0.288 e. The average Bonchev–Trinajstić information content (AvgIpc) is 2.52. The molecule has 0 aliphatic rings. The second-order valence-electron chi connectivity index (χ2n) is 4.54. The molecule has 0 spiro atoms. The van der Waals surface area contributed by atoms with Crippen LogP contribution in [-0.2, 0) is 6.54 Å². The van der Waals surface area contributed by atoms with Crippen LogP contribution >= 0.6 is 0 Å². The van der Waals surface area contributed by atoms with Crippen LogP contribution in [0.4, 0.5) is 11.4 Å². The Bertz CT molecular complexity index is 797. The van der Waals surface area contributed by atoms with Crippen molar-refractivity contribution in [2.24, 2.45) is 15.2 Å². The molecule has 108 valence electrons. The SMILES string of the molecule is Cc1ccc(N=[N+]=[N-])c(C=NCc2ccccc2N=[N+]=[N-])c1. The van der Waals surface area contributed by atoms with E-state index in [2.05, 4.69) is 25.0 Å². The summed E-state index contributed by atoms with van der Waals surface area (Å²) < 4.78 is 0. The van der Waals surface area contributed by atoms with Gasteiger partial charge >= 0.3 is 0 Å². The van der Waals surface area contributed by atoms with E-state index < -0.39 is 0 Å². The lowest BCUT2D eigenvalue weighted by atomic mass is 10.1. The number of azide groups is 2. The van der Waals surface area contributed by atoms with E-state index in [0.29, 0.717) is 17.9 Å². The second kappa shape index (κ2) is 7.50. The van der Waals surface area contributed by atoms with Gasteiger partial charge in [-0.3, -0.25) is 4.99 Å². The van der Waals surface area contributed by atoms with Gasteiger partial charge in [-0.2, -0.15) is 0 Å². The Morgan fingerprint density at radius 3 is 2.50 bits per heavy atom. The molecule has 0 amide bonds. The topological polar surface area (TPSA) is 110 Å². The molecule has 2 rings (SSSR count). The number of aliphatic imine (C=N–C) groups is 1. The molecule has 2 aromatic rings. The Morgan fingerprint density at radius 1 is 1.00 bits per heavy atom. The molecule has 0 bridgehead atoms. The van der Waals surface area contributed by atoms with Gasteiger partial charge in [-0.15, -0.1) is 0 Å². The van der Waals surface area contributed by atoms with Gasteiger partial charge in [-0.25, -0.2) is 0 Å². The van der Waals surface area contributed by atoms with E-state index in [9.17, 15) is 0 Å². The molecule has 0 heterocycles. The molecular formula is C15H13N7. The summed E-state index contributed by atoms with van der Waals surface area (Å²) in [6.45, 7) is 2.33. The highest BCUT2D eigenvalue weighted by atomic mass is 15.1. The molecule has 7 nitrogen and oxygen atoms in total. The summed E-state index contributed by atoms with van der Waals surface area (Å²) in [5.41, 5.74) is 20.8. The zero-order chi connectivity index (χ0) is 15.8. The van der Waals surface area contributed by atoms with Gasteiger partial charge in [0.2, 0.25) is 0 Å². The first-order valence-corrected chi connectivity index (χ1v) is 6.53. The third-order valence-corrected chi connectivity index (χ3v) is 2.97. The van der Waals surface area contributed by atoms with Crippen molar-refractivity contribution < 1.29 is 0 Å². The molecule has 0 saturated carbocycles. The van der Waals surface area contributed by atoms with Crippen LogP contribution in [0.1, 0.15) is 16.7 Å². The Hall–Kier alpha value is -3.27. The fraction of sp³-hybridized carbons (Fsp3) is 0.133. The zero-order valence-electron chi connectivity index (χ0n) is 12.0. The minimum atomic E-state index is 0.374. The fourth-order valence-corrected chi connectivity index (χ4v) is 1.95. The van der Waals surface area contributed by atoms with E-state index in [1.54, 1.807) is 24.4 Å². The average molecular weight is 291 g/mol. The number of hydrogen-bond acceptors (Lipinski definition) is 3. The van der Waals surface area contributed by atoms with Gasteiger partial charge in [0.1, 0.15) is 0 Å². The third-order valence-electron chi connectivity index (χ3n) is 2.97. The van der Waals surface area contributed by atoms with Gasteiger partial charge in [0.05, 0.1) is 6.54 Å². The van der Waals surface area contributed by atoms with Gasteiger partial charge in [-0.1, -0.05) is 58.3 Å². The van der Waals surface area contributed by atoms with Crippen LogP contribution in [0.3, 0.4) is 0 Å². The Kier molecular flexibility index (Phi) is 5.15. The van der Waals surface area contributed by atoms with Crippen molar-refractivity contribution in [3.63, 3.8) is 0 Å². The minimum Gasteiger partial charge on any atom is -0.288 e. The van der Waals surface area contributed by atoms with Crippen LogP contribution in [0, 0.1) is 6.92 Å². The number of hydrogen-bond donors (Lipinski definition) is 0. The maximum absolute atomic E-state index is 8.58. The summed E-state index contributed by atoms with van der Waals surface area (Å²) >= 11 is 0. The van der Waals surface area contributed by atoms with E-state index >= 15 is 0 Å².